The van der Waals surface area contributed by atoms with Crippen molar-refractivity contribution in [1.29, 1.82) is 5.26 Å². The van der Waals surface area contributed by atoms with E-state index in [1.165, 1.54) is 25.3 Å². The number of hydrogen-bond donors (Lipinski definition) is 3. The number of carbonyl (C=O) groups is 2. The van der Waals surface area contributed by atoms with Gasteiger partial charge in [0.25, 0.3) is 5.69 Å². The highest BCUT2D eigenvalue weighted by Crippen LogP contribution is 2.46. The largest absolute Gasteiger partial charge is 0.491 e. The first kappa shape index (κ1) is 38.3. The zero-order chi connectivity index (χ0) is 36.4. The molecule has 0 aromatic heterocycles. The quantitative estimate of drug-likeness (QED) is 0.141. The molecule has 2 aromatic carbocycles. The zero-order valence-corrected chi connectivity index (χ0v) is 29.4. The molecule has 0 amide bonds. The normalized spacial score (nSPS) is 22.0. The predicted octanol–water partition coefficient (Wildman–Crippen LogP) is 2.73. The van der Waals surface area contributed by atoms with Gasteiger partial charge in [0.2, 0.25) is 0 Å². The van der Waals surface area contributed by atoms with E-state index in [-0.39, 0.29) is 30.5 Å². The molecular formula is C36H48N6O8. The molecule has 3 N–H and O–H groups in total. The lowest BCUT2D eigenvalue weighted by atomic mass is 9.69. The summed E-state index contributed by atoms with van der Waals surface area (Å²) in [6.45, 7) is 10.9. The molecule has 2 aliphatic rings. The molecule has 14 heteroatoms. The third-order valence-electron chi connectivity index (χ3n) is 9.15. The van der Waals surface area contributed by atoms with Crippen LogP contribution in [0.1, 0.15) is 44.7 Å². The Kier molecular flexibility index (Phi) is 13.3. The van der Waals surface area contributed by atoms with E-state index in [1.807, 2.05) is 43.0 Å². The third-order valence-corrected chi connectivity index (χ3v) is 9.15. The Labute approximate surface area is 293 Å². The monoisotopic (exact) mass is 692 g/mol. The number of nitrogens with one attached hydrogen (secondary N) is 2. The number of rotatable bonds is 15. The first-order chi connectivity index (χ1) is 23.9. The van der Waals surface area contributed by atoms with E-state index in [4.69, 9.17) is 14.2 Å². The van der Waals surface area contributed by atoms with Crippen LogP contribution in [0.3, 0.4) is 0 Å². The fraction of sp³-hybridized carbons (Fsp3) is 0.528. The number of nitriles is 1. The molecule has 4 atom stereocenters. The van der Waals surface area contributed by atoms with Gasteiger partial charge in [0.1, 0.15) is 30.4 Å². The predicted molar refractivity (Wildman–Crippen MR) is 185 cm³/mol. The number of ether oxygens (including phenoxy) is 3. The minimum absolute atomic E-state index is 0.0735. The molecule has 50 heavy (non-hydrogen) atoms. The van der Waals surface area contributed by atoms with Gasteiger partial charge in [-0.05, 0) is 43.5 Å². The molecule has 4 unspecified atom stereocenters. The van der Waals surface area contributed by atoms with Crippen molar-refractivity contribution in [2.24, 2.45) is 5.92 Å². The number of hydrogen-bond acceptors (Lipinski definition) is 13. The van der Waals surface area contributed by atoms with Crippen molar-refractivity contribution in [1.82, 2.24) is 20.4 Å². The summed E-state index contributed by atoms with van der Waals surface area (Å²) < 4.78 is 16.4. The number of benzene rings is 2. The van der Waals surface area contributed by atoms with E-state index >= 15 is 0 Å². The molecule has 0 spiro atoms. The maximum Gasteiger partial charge on any atom is 0.336 e. The molecule has 4 rings (SSSR count). The van der Waals surface area contributed by atoms with Crippen LogP contribution >= 0.6 is 0 Å². The van der Waals surface area contributed by atoms with Crippen LogP contribution in [-0.2, 0) is 25.5 Å². The van der Waals surface area contributed by atoms with Crippen LogP contribution in [0.15, 0.2) is 59.8 Å². The zero-order valence-electron chi connectivity index (χ0n) is 29.4. The number of esters is 2. The average molecular weight is 693 g/mol. The van der Waals surface area contributed by atoms with Gasteiger partial charge in [0.05, 0.1) is 24.2 Å². The molecule has 2 aliphatic heterocycles. The molecule has 1 saturated heterocycles. The maximum atomic E-state index is 13.7. The van der Waals surface area contributed by atoms with Gasteiger partial charge in [-0.1, -0.05) is 38.1 Å². The summed E-state index contributed by atoms with van der Waals surface area (Å²) in [5, 5.41) is 39.1. The topological polar surface area (TPSA) is 180 Å². The number of allylic oxidation sites excluding steroid dienone is 1. The summed E-state index contributed by atoms with van der Waals surface area (Å²) in [6, 6.07) is 16.2. The van der Waals surface area contributed by atoms with Crippen molar-refractivity contribution in [3.05, 3.63) is 81.0 Å². The van der Waals surface area contributed by atoms with Crippen LogP contribution < -0.4 is 15.4 Å². The van der Waals surface area contributed by atoms with Gasteiger partial charge in [-0.15, -0.1) is 0 Å². The van der Waals surface area contributed by atoms with Crippen molar-refractivity contribution in [3.8, 4) is 11.8 Å². The summed E-state index contributed by atoms with van der Waals surface area (Å²) in [4.78, 5) is 42.4. The van der Waals surface area contributed by atoms with Gasteiger partial charge >= 0.3 is 11.9 Å². The molecular weight excluding hydrogens is 644 g/mol. The Morgan fingerprint density at radius 3 is 2.48 bits per heavy atom. The molecule has 0 aliphatic carbocycles. The second kappa shape index (κ2) is 17.4. The van der Waals surface area contributed by atoms with Gasteiger partial charge in [0.15, 0.2) is 5.66 Å². The Balaban J connectivity index is 1.50. The number of methoxy groups -OCH3 is 1. The molecule has 270 valence electrons. The second-order valence-electron chi connectivity index (χ2n) is 12.8. The molecule has 2 heterocycles. The molecule has 14 nitrogen and oxygen atoms in total. The Bertz CT molecular complexity index is 1570. The number of carbonyl (C=O) groups excluding carboxylic acids is 2. The van der Waals surface area contributed by atoms with Crippen molar-refractivity contribution < 1.29 is 33.8 Å². The number of nitro groups is 1. The van der Waals surface area contributed by atoms with Crippen LogP contribution in [0, 0.1) is 27.4 Å². The van der Waals surface area contributed by atoms with Crippen molar-refractivity contribution in [2.45, 2.75) is 57.8 Å². The van der Waals surface area contributed by atoms with E-state index in [9.17, 15) is 30.1 Å². The lowest BCUT2D eigenvalue weighted by molar-refractivity contribution is -0.384. The van der Waals surface area contributed by atoms with Gasteiger partial charge in [-0.25, -0.2) is 4.79 Å². The number of nitro benzene ring substituents is 1. The van der Waals surface area contributed by atoms with E-state index in [2.05, 4.69) is 21.6 Å². The van der Waals surface area contributed by atoms with Crippen LogP contribution in [0.25, 0.3) is 0 Å². The summed E-state index contributed by atoms with van der Waals surface area (Å²) in [7, 11) is 1.22. The number of piperazine rings is 1. The van der Waals surface area contributed by atoms with Gasteiger partial charge < -0.3 is 34.9 Å². The van der Waals surface area contributed by atoms with E-state index < -0.39 is 40.5 Å². The number of aliphatic hydroxyl groups is 1. The lowest BCUT2D eigenvalue weighted by Gasteiger charge is -2.51. The Morgan fingerprint density at radius 2 is 1.88 bits per heavy atom. The van der Waals surface area contributed by atoms with Crippen LogP contribution in [0.4, 0.5) is 5.69 Å². The van der Waals surface area contributed by atoms with Gasteiger partial charge in [-0.3, -0.25) is 19.8 Å². The second-order valence-corrected chi connectivity index (χ2v) is 12.8. The molecule has 2 aromatic rings. The average Bonchev–Trinajstić information content (AvgIpc) is 3.12. The summed E-state index contributed by atoms with van der Waals surface area (Å²) in [5.41, 5.74) is 0.0797. The van der Waals surface area contributed by atoms with Crippen molar-refractivity contribution in [2.75, 3.05) is 59.6 Å². The first-order valence-electron chi connectivity index (χ1n) is 16.9. The van der Waals surface area contributed by atoms with Crippen LogP contribution in [0.2, 0.25) is 0 Å². The van der Waals surface area contributed by atoms with Crippen molar-refractivity contribution >= 4 is 17.6 Å². The molecule has 0 radical (unpaired) electrons. The highest BCUT2D eigenvalue weighted by molar-refractivity contribution is 5.94. The Morgan fingerprint density at radius 1 is 1.18 bits per heavy atom. The van der Waals surface area contributed by atoms with Crippen LogP contribution in [-0.4, -0.2) is 109 Å². The van der Waals surface area contributed by atoms with E-state index in [0.29, 0.717) is 49.7 Å². The van der Waals surface area contributed by atoms with Crippen molar-refractivity contribution in [3.63, 3.8) is 0 Å². The highest BCUT2D eigenvalue weighted by atomic mass is 16.6. The minimum Gasteiger partial charge on any atom is -0.491 e. The fourth-order valence-corrected chi connectivity index (χ4v) is 6.62. The van der Waals surface area contributed by atoms with Crippen LogP contribution in [0.5, 0.6) is 5.75 Å². The summed E-state index contributed by atoms with van der Waals surface area (Å²) in [6.07, 6.45) is 0.181. The fourth-order valence-electron chi connectivity index (χ4n) is 6.62. The standard InChI is InChI=1S/C36H48N6O8/c1-6-49-34(44)31-25(4)39-36(23-37,33(35(45)48-5)32(31)27-8-7-9-28(20-27)42(46)47)41-18-16-40(17-19-41)15-14-26-10-12-30(13-11-26)50-22-29(43)21-38-24(2)3/h7-13,20,24,29,32-33,38-39,43H,6,14-19,21-22H2,1-5H3. The summed E-state index contributed by atoms with van der Waals surface area (Å²) in [5.74, 6) is -3.06. The molecule has 1 fully saturated rings. The number of nitrogens with zero attached hydrogens (tertiary/aromatic N) is 4. The number of aliphatic hydroxyl groups excluding tert-OH is 1. The minimum atomic E-state index is -1.62. The smallest absolute Gasteiger partial charge is 0.336 e. The molecule has 0 bridgehead atoms. The van der Waals surface area contributed by atoms with E-state index in [1.54, 1.807) is 19.9 Å². The summed E-state index contributed by atoms with van der Waals surface area (Å²) >= 11 is 0. The van der Waals surface area contributed by atoms with Gasteiger partial charge in [0, 0.05) is 69.1 Å². The molecule has 0 saturated carbocycles. The highest BCUT2D eigenvalue weighted by Gasteiger charge is 2.58. The Hall–Kier alpha value is -4.55. The van der Waals surface area contributed by atoms with E-state index in [0.717, 1.165) is 18.5 Å². The lowest BCUT2D eigenvalue weighted by Crippen LogP contribution is -2.70. The maximum absolute atomic E-state index is 13.7. The van der Waals surface area contributed by atoms with Gasteiger partial charge in [-0.2, -0.15) is 5.26 Å². The number of non-ortho nitro benzene ring substituents is 1. The third kappa shape index (κ3) is 8.97. The SMILES string of the molecule is CCOC(=O)C1=C(C)NC(C#N)(N2CCN(CCc3ccc(OCC(O)CNC(C)C)cc3)CC2)C(C(=O)OC)C1c1cccc([N+](=O)[O-])c1. The first-order valence-corrected chi connectivity index (χ1v) is 16.9.